The molecule has 138 valence electrons. The van der Waals surface area contributed by atoms with Crippen molar-refractivity contribution in [1.29, 1.82) is 0 Å². The number of ether oxygens (including phenoxy) is 1. The monoisotopic (exact) mass is 356 g/mol. The fourth-order valence-electron chi connectivity index (χ4n) is 4.53. The highest BCUT2D eigenvalue weighted by Crippen LogP contribution is 2.38. The number of hydrogen-bond acceptors (Lipinski definition) is 4. The molecule has 2 amide bonds. The number of carbonyl (C=O) groups is 2. The van der Waals surface area contributed by atoms with Crippen LogP contribution in [0, 0.1) is 11.8 Å². The quantitative estimate of drug-likeness (QED) is 0.917. The molecule has 2 fully saturated rings. The van der Waals surface area contributed by atoms with Crippen molar-refractivity contribution in [2.24, 2.45) is 11.8 Å². The van der Waals surface area contributed by atoms with Crippen molar-refractivity contribution in [3.05, 3.63) is 36.1 Å². The summed E-state index contributed by atoms with van der Waals surface area (Å²) in [6.45, 7) is 3.02. The van der Waals surface area contributed by atoms with E-state index in [9.17, 15) is 9.59 Å². The Labute approximate surface area is 152 Å². The van der Waals surface area contributed by atoms with Crippen LogP contribution in [0.5, 0.6) is 0 Å². The molecule has 1 N–H and O–H groups in total. The fourth-order valence-corrected chi connectivity index (χ4v) is 4.53. The molecular formula is C20H24N2O4. The molecule has 6 heteroatoms. The fraction of sp³-hybridized carbons (Fsp3) is 0.500. The Morgan fingerprint density at radius 1 is 1.19 bits per heavy atom. The Kier molecular flexibility index (Phi) is 4.44. The van der Waals surface area contributed by atoms with E-state index in [2.05, 4.69) is 5.32 Å². The highest BCUT2D eigenvalue weighted by Gasteiger charge is 2.44. The van der Waals surface area contributed by atoms with E-state index in [0.29, 0.717) is 17.4 Å². The van der Waals surface area contributed by atoms with E-state index >= 15 is 0 Å². The van der Waals surface area contributed by atoms with Gasteiger partial charge in [-0.2, -0.15) is 0 Å². The highest BCUT2D eigenvalue weighted by atomic mass is 16.5. The van der Waals surface area contributed by atoms with Gasteiger partial charge < -0.3 is 19.4 Å². The molecular weight excluding hydrogens is 332 g/mol. The molecule has 0 radical (unpaired) electrons. The third kappa shape index (κ3) is 3.09. The number of nitrogens with one attached hydrogen (secondary N) is 1. The van der Waals surface area contributed by atoms with E-state index in [-0.39, 0.29) is 24.0 Å². The van der Waals surface area contributed by atoms with Crippen LogP contribution in [0.3, 0.4) is 0 Å². The number of benzene rings is 1. The van der Waals surface area contributed by atoms with Crippen LogP contribution in [0.1, 0.15) is 30.1 Å². The minimum absolute atomic E-state index is 0.0116. The van der Waals surface area contributed by atoms with E-state index in [4.69, 9.17) is 9.15 Å². The average Bonchev–Trinajstić information content (AvgIpc) is 3.25. The SMILES string of the molecule is CO[C@@H]1C[C@H]2CN(C(=O)c3ccc4occc4c3)C[C@H]2C[C@H]1NC(C)=O. The van der Waals surface area contributed by atoms with E-state index in [1.54, 1.807) is 13.4 Å². The van der Waals surface area contributed by atoms with E-state index in [0.717, 1.165) is 36.9 Å². The predicted molar refractivity (Wildman–Crippen MR) is 96.7 cm³/mol. The standard InChI is InChI=1S/C20H24N2O4/c1-12(23)21-17-8-15-10-22(11-16(15)9-19(17)25-2)20(24)14-3-4-18-13(7-14)5-6-26-18/h3-7,15-17,19H,8-11H2,1-2H3,(H,21,23)/t15-,16+,17-,19-/m1/s1. The Morgan fingerprint density at radius 2 is 1.96 bits per heavy atom. The van der Waals surface area contributed by atoms with Crippen molar-refractivity contribution < 1.29 is 18.7 Å². The second kappa shape index (κ2) is 6.76. The molecule has 26 heavy (non-hydrogen) atoms. The lowest BCUT2D eigenvalue weighted by Gasteiger charge is -2.37. The molecule has 2 aliphatic rings. The molecule has 0 bridgehead atoms. The summed E-state index contributed by atoms with van der Waals surface area (Å²) in [5.74, 6) is 0.855. The van der Waals surface area contributed by atoms with Gasteiger partial charge in [0.1, 0.15) is 5.58 Å². The molecule has 1 aromatic heterocycles. The van der Waals surface area contributed by atoms with Crippen molar-refractivity contribution in [3.63, 3.8) is 0 Å². The normalized spacial score (nSPS) is 28.2. The number of hydrogen-bond donors (Lipinski definition) is 1. The highest BCUT2D eigenvalue weighted by molar-refractivity contribution is 5.97. The summed E-state index contributed by atoms with van der Waals surface area (Å²) in [4.78, 5) is 26.4. The average molecular weight is 356 g/mol. The molecule has 1 saturated heterocycles. The zero-order valence-corrected chi connectivity index (χ0v) is 15.1. The molecule has 2 heterocycles. The summed E-state index contributed by atoms with van der Waals surface area (Å²) in [6.07, 6.45) is 3.37. The topological polar surface area (TPSA) is 71.8 Å². The summed E-state index contributed by atoms with van der Waals surface area (Å²) < 4.78 is 11.0. The number of fused-ring (bicyclic) bond motifs is 2. The van der Waals surface area contributed by atoms with Gasteiger partial charge in [0.25, 0.3) is 5.91 Å². The molecule has 6 nitrogen and oxygen atoms in total. The molecule has 0 unspecified atom stereocenters. The van der Waals surface area contributed by atoms with Crippen LogP contribution in [0.4, 0.5) is 0 Å². The first-order chi connectivity index (χ1) is 12.5. The maximum absolute atomic E-state index is 13.0. The minimum Gasteiger partial charge on any atom is -0.464 e. The summed E-state index contributed by atoms with van der Waals surface area (Å²) in [6, 6.07) is 7.46. The number of rotatable bonds is 3. The number of carbonyl (C=O) groups excluding carboxylic acids is 2. The first-order valence-electron chi connectivity index (χ1n) is 9.11. The Balaban J connectivity index is 1.48. The lowest BCUT2D eigenvalue weighted by atomic mass is 9.77. The van der Waals surface area contributed by atoms with E-state index in [1.165, 1.54) is 6.92 Å². The Hall–Kier alpha value is -2.34. The largest absolute Gasteiger partial charge is 0.464 e. The van der Waals surface area contributed by atoms with Gasteiger partial charge in [-0.25, -0.2) is 0 Å². The summed E-state index contributed by atoms with van der Waals surface area (Å²) in [5, 5.41) is 3.95. The van der Waals surface area contributed by atoms with Crippen molar-refractivity contribution >= 4 is 22.8 Å². The second-order valence-corrected chi connectivity index (χ2v) is 7.46. The first kappa shape index (κ1) is 17.1. The number of likely N-dealkylation sites (tertiary alicyclic amines) is 1. The smallest absolute Gasteiger partial charge is 0.253 e. The third-order valence-electron chi connectivity index (χ3n) is 5.79. The van der Waals surface area contributed by atoms with Gasteiger partial charge in [-0.3, -0.25) is 9.59 Å². The number of methoxy groups -OCH3 is 1. The van der Waals surface area contributed by atoms with Gasteiger partial charge in [-0.05, 0) is 48.9 Å². The van der Waals surface area contributed by atoms with Gasteiger partial charge in [0.05, 0.1) is 18.4 Å². The summed E-state index contributed by atoms with van der Waals surface area (Å²) in [5.41, 5.74) is 1.48. The Morgan fingerprint density at radius 3 is 2.69 bits per heavy atom. The summed E-state index contributed by atoms with van der Waals surface area (Å²) in [7, 11) is 1.69. The maximum Gasteiger partial charge on any atom is 0.253 e. The van der Waals surface area contributed by atoms with Gasteiger partial charge >= 0.3 is 0 Å². The van der Waals surface area contributed by atoms with Crippen LogP contribution in [-0.4, -0.2) is 49.1 Å². The van der Waals surface area contributed by atoms with E-state index in [1.807, 2.05) is 29.2 Å². The number of amides is 2. The number of nitrogens with zero attached hydrogens (tertiary/aromatic N) is 1. The van der Waals surface area contributed by atoms with Crippen molar-refractivity contribution in [2.75, 3.05) is 20.2 Å². The van der Waals surface area contributed by atoms with Gasteiger partial charge in [0, 0.05) is 38.1 Å². The lowest BCUT2D eigenvalue weighted by Crippen LogP contribution is -2.49. The molecule has 4 rings (SSSR count). The van der Waals surface area contributed by atoms with Gasteiger partial charge in [0.2, 0.25) is 5.91 Å². The molecule has 1 aromatic carbocycles. The Bertz CT molecular complexity index is 830. The zero-order chi connectivity index (χ0) is 18.3. The molecule has 1 aliphatic heterocycles. The van der Waals surface area contributed by atoms with Crippen LogP contribution < -0.4 is 5.32 Å². The summed E-state index contributed by atoms with van der Waals surface area (Å²) >= 11 is 0. The lowest BCUT2D eigenvalue weighted by molar-refractivity contribution is -0.121. The van der Waals surface area contributed by atoms with Gasteiger partial charge in [-0.15, -0.1) is 0 Å². The second-order valence-electron chi connectivity index (χ2n) is 7.46. The van der Waals surface area contributed by atoms with Crippen LogP contribution >= 0.6 is 0 Å². The molecule has 1 saturated carbocycles. The van der Waals surface area contributed by atoms with E-state index < -0.39 is 0 Å². The van der Waals surface area contributed by atoms with Crippen molar-refractivity contribution in [2.45, 2.75) is 31.9 Å². The third-order valence-corrected chi connectivity index (χ3v) is 5.79. The molecule has 1 aliphatic carbocycles. The van der Waals surface area contributed by atoms with Crippen LogP contribution in [0.25, 0.3) is 11.0 Å². The minimum atomic E-state index is -0.0326. The molecule has 4 atom stereocenters. The molecule has 2 aromatic rings. The van der Waals surface area contributed by atoms with Crippen molar-refractivity contribution in [1.82, 2.24) is 10.2 Å². The molecule has 0 spiro atoms. The first-order valence-corrected chi connectivity index (χ1v) is 9.11. The van der Waals surface area contributed by atoms with Gasteiger partial charge in [-0.1, -0.05) is 0 Å². The van der Waals surface area contributed by atoms with Gasteiger partial charge in [0.15, 0.2) is 0 Å². The van der Waals surface area contributed by atoms with Crippen LogP contribution in [-0.2, 0) is 9.53 Å². The maximum atomic E-state index is 13.0. The predicted octanol–water partition coefficient (Wildman–Crippen LogP) is 2.43. The van der Waals surface area contributed by atoms with Crippen molar-refractivity contribution in [3.8, 4) is 0 Å². The van der Waals surface area contributed by atoms with Crippen LogP contribution in [0.2, 0.25) is 0 Å². The van der Waals surface area contributed by atoms with Crippen LogP contribution in [0.15, 0.2) is 34.9 Å². The number of furan rings is 1. The zero-order valence-electron chi connectivity index (χ0n) is 15.1.